The lowest BCUT2D eigenvalue weighted by Crippen LogP contribution is -1.95. The third-order valence-electron chi connectivity index (χ3n) is 1.66. The van der Waals surface area contributed by atoms with Crippen LogP contribution < -0.4 is 0 Å². The van der Waals surface area contributed by atoms with Crippen LogP contribution >= 0.6 is 12.6 Å². The SMILES string of the molecule is C=CCCOCCCCCCS. The second-order valence-electron chi connectivity index (χ2n) is 2.83. The Balaban J connectivity index is 2.77. The smallest absolute Gasteiger partial charge is 0.0500 e. The Hall–Kier alpha value is 0.0500. The van der Waals surface area contributed by atoms with Gasteiger partial charge in [0, 0.05) is 13.2 Å². The normalized spacial score (nSPS) is 10.1. The number of hydrogen-bond donors (Lipinski definition) is 1. The number of ether oxygens (including phenoxy) is 1. The molecule has 0 N–H and O–H groups in total. The molecule has 0 saturated carbocycles. The molecule has 1 nitrogen and oxygen atoms in total. The van der Waals surface area contributed by atoms with Crippen molar-refractivity contribution in [1.29, 1.82) is 0 Å². The van der Waals surface area contributed by atoms with Crippen molar-refractivity contribution in [3.8, 4) is 0 Å². The van der Waals surface area contributed by atoms with Gasteiger partial charge in [0.05, 0.1) is 0 Å². The standard InChI is InChI=1S/C10H20OS/c1-2-3-8-11-9-6-4-5-7-10-12/h2,12H,1,3-10H2. The zero-order valence-corrected chi connectivity index (χ0v) is 8.69. The molecule has 0 saturated heterocycles. The molecule has 0 fully saturated rings. The van der Waals surface area contributed by atoms with Crippen molar-refractivity contribution >= 4 is 12.6 Å². The summed E-state index contributed by atoms with van der Waals surface area (Å²) < 4.78 is 5.36. The molecule has 0 aliphatic rings. The minimum Gasteiger partial charge on any atom is -0.381 e. The van der Waals surface area contributed by atoms with Gasteiger partial charge in [-0.2, -0.15) is 12.6 Å². The maximum atomic E-state index is 5.36. The van der Waals surface area contributed by atoms with Gasteiger partial charge < -0.3 is 4.74 Å². The van der Waals surface area contributed by atoms with E-state index >= 15 is 0 Å². The lowest BCUT2D eigenvalue weighted by Gasteiger charge is -2.01. The predicted molar refractivity (Wildman–Crippen MR) is 58.0 cm³/mol. The highest BCUT2D eigenvalue weighted by atomic mass is 32.1. The lowest BCUT2D eigenvalue weighted by molar-refractivity contribution is 0.134. The first kappa shape index (κ1) is 12.0. The fourth-order valence-corrected chi connectivity index (χ4v) is 1.16. The molecule has 0 atom stereocenters. The molecular formula is C10H20OS. The Bertz CT molecular complexity index is 93.8. The van der Waals surface area contributed by atoms with Crippen LogP contribution in [0.1, 0.15) is 32.1 Å². The van der Waals surface area contributed by atoms with Crippen molar-refractivity contribution in [1.82, 2.24) is 0 Å². The quantitative estimate of drug-likeness (QED) is 0.332. The lowest BCUT2D eigenvalue weighted by atomic mass is 10.2. The maximum Gasteiger partial charge on any atom is 0.0500 e. The van der Waals surface area contributed by atoms with Gasteiger partial charge in [0.1, 0.15) is 0 Å². The maximum absolute atomic E-state index is 5.36. The average Bonchev–Trinajstić information content (AvgIpc) is 2.10. The van der Waals surface area contributed by atoms with Crippen LogP contribution in [0.2, 0.25) is 0 Å². The Labute approximate surface area is 81.6 Å². The molecule has 0 amide bonds. The summed E-state index contributed by atoms with van der Waals surface area (Å²) in [5.41, 5.74) is 0. The van der Waals surface area contributed by atoms with Gasteiger partial charge in [-0.05, 0) is 25.0 Å². The van der Waals surface area contributed by atoms with E-state index in [1.165, 1.54) is 25.7 Å². The van der Waals surface area contributed by atoms with E-state index in [1.54, 1.807) is 0 Å². The minimum atomic E-state index is 0.829. The van der Waals surface area contributed by atoms with Crippen molar-refractivity contribution in [3.63, 3.8) is 0 Å². The van der Waals surface area contributed by atoms with Crippen molar-refractivity contribution in [2.75, 3.05) is 19.0 Å². The van der Waals surface area contributed by atoms with Gasteiger partial charge in [-0.1, -0.05) is 18.9 Å². The zero-order valence-electron chi connectivity index (χ0n) is 7.80. The van der Waals surface area contributed by atoms with Crippen LogP contribution in [-0.4, -0.2) is 19.0 Å². The molecule has 0 unspecified atom stereocenters. The largest absolute Gasteiger partial charge is 0.381 e. The fraction of sp³-hybridized carbons (Fsp3) is 0.800. The molecule has 0 radical (unpaired) electrons. The molecule has 0 aromatic carbocycles. The minimum absolute atomic E-state index is 0.829. The topological polar surface area (TPSA) is 9.23 Å². The van der Waals surface area contributed by atoms with Gasteiger partial charge in [0.15, 0.2) is 0 Å². The van der Waals surface area contributed by atoms with Gasteiger partial charge >= 0.3 is 0 Å². The molecule has 0 aliphatic heterocycles. The molecule has 0 rings (SSSR count). The molecule has 72 valence electrons. The van der Waals surface area contributed by atoms with Crippen molar-refractivity contribution in [2.24, 2.45) is 0 Å². The molecule has 0 spiro atoms. The molecule has 12 heavy (non-hydrogen) atoms. The Morgan fingerprint density at radius 3 is 2.50 bits per heavy atom. The molecule has 0 bridgehead atoms. The summed E-state index contributed by atoms with van der Waals surface area (Å²) in [6, 6.07) is 0. The van der Waals surface area contributed by atoms with E-state index in [0.29, 0.717) is 0 Å². The third-order valence-corrected chi connectivity index (χ3v) is 1.98. The van der Waals surface area contributed by atoms with Crippen molar-refractivity contribution < 1.29 is 4.74 Å². The zero-order chi connectivity index (χ0) is 9.07. The predicted octanol–water partition coefficient (Wildman–Crippen LogP) is 3.07. The van der Waals surface area contributed by atoms with E-state index in [1.807, 2.05) is 6.08 Å². The molecule has 0 heterocycles. The van der Waals surface area contributed by atoms with Crippen LogP contribution in [0, 0.1) is 0 Å². The Kier molecular flexibility index (Phi) is 11.1. The Morgan fingerprint density at radius 1 is 1.08 bits per heavy atom. The molecule has 2 heteroatoms. The van der Waals surface area contributed by atoms with E-state index in [9.17, 15) is 0 Å². The van der Waals surface area contributed by atoms with Gasteiger partial charge in [-0.25, -0.2) is 0 Å². The van der Waals surface area contributed by atoms with Crippen LogP contribution in [0.3, 0.4) is 0 Å². The van der Waals surface area contributed by atoms with Crippen LogP contribution in [-0.2, 0) is 4.74 Å². The monoisotopic (exact) mass is 188 g/mol. The second-order valence-corrected chi connectivity index (χ2v) is 3.27. The summed E-state index contributed by atoms with van der Waals surface area (Å²) in [5, 5.41) is 0. The van der Waals surface area contributed by atoms with E-state index in [2.05, 4.69) is 19.2 Å². The summed E-state index contributed by atoms with van der Waals surface area (Å²) in [4.78, 5) is 0. The first-order chi connectivity index (χ1) is 5.91. The summed E-state index contributed by atoms with van der Waals surface area (Å²) in [5.74, 6) is 1.01. The summed E-state index contributed by atoms with van der Waals surface area (Å²) in [6.07, 6.45) is 7.83. The van der Waals surface area contributed by atoms with Gasteiger partial charge in [0.2, 0.25) is 0 Å². The van der Waals surface area contributed by atoms with Crippen LogP contribution in [0.25, 0.3) is 0 Å². The molecule has 0 aromatic rings. The third kappa shape index (κ3) is 10.0. The van der Waals surface area contributed by atoms with Gasteiger partial charge in [-0.15, -0.1) is 6.58 Å². The summed E-state index contributed by atoms with van der Waals surface area (Å²) in [6.45, 7) is 5.36. The average molecular weight is 188 g/mol. The highest BCUT2D eigenvalue weighted by molar-refractivity contribution is 7.80. The number of thiol groups is 1. The number of unbranched alkanes of at least 4 members (excludes halogenated alkanes) is 3. The van der Waals surface area contributed by atoms with E-state index in [-0.39, 0.29) is 0 Å². The van der Waals surface area contributed by atoms with E-state index < -0.39 is 0 Å². The first-order valence-electron chi connectivity index (χ1n) is 4.71. The fourth-order valence-electron chi connectivity index (χ4n) is 0.938. The van der Waals surface area contributed by atoms with Gasteiger partial charge in [-0.3, -0.25) is 0 Å². The van der Waals surface area contributed by atoms with E-state index in [4.69, 9.17) is 4.74 Å². The highest BCUT2D eigenvalue weighted by Crippen LogP contribution is 2.01. The van der Waals surface area contributed by atoms with Crippen LogP contribution in [0.5, 0.6) is 0 Å². The first-order valence-corrected chi connectivity index (χ1v) is 5.34. The second kappa shape index (κ2) is 11.1. The Morgan fingerprint density at radius 2 is 1.83 bits per heavy atom. The van der Waals surface area contributed by atoms with Crippen LogP contribution in [0.15, 0.2) is 12.7 Å². The molecule has 0 aromatic heterocycles. The van der Waals surface area contributed by atoms with Crippen molar-refractivity contribution in [3.05, 3.63) is 12.7 Å². The van der Waals surface area contributed by atoms with E-state index in [0.717, 1.165) is 25.4 Å². The molecular weight excluding hydrogens is 168 g/mol. The van der Waals surface area contributed by atoms with Crippen molar-refractivity contribution in [2.45, 2.75) is 32.1 Å². The summed E-state index contributed by atoms with van der Waals surface area (Å²) >= 11 is 4.15. The highest BCUT2D eigenvalue weighted by Gasteiger charge is 1.89. The number of hydrogen-bond acceptors (Lipinski definition) is 2. The van der Waals surface area contributed by atoms with Gasteiger partial charge in [0.25, 0.3) is 0 Å². The summed E-state index contributed by atoms with van der Waals surface area (Å²) in [7, 11) is 0. The number of rotatable bonds is 9. The van der Waals surface area contributed by atoms with Crippen LogP contribution in [0.4, 0.5) is 0 Å². The molecule has 0 aliphatic carbocycles.